The van der Waals surface area contributed by atoms with E-state index in [9.17, 15) is 0 Å². The Morgan fingerprint density at radius 2 is 1.95 bits per heavy atom. The van der Waals surface area contributed by atoms with Crippen LogP contribution >= 0.6 is 11.5 Å². The molecule has 0 bridgehead atoms. The average molecular weight is 302 g/mol. The van der Waals surface area contributed by atoms with Crippen LogP contribution in [-0.2, 0) is 0 Å². The van der Waals surface area contributed by atoms with Gasteiger partial charge in [-0.1, -0.05) is 13.8 Å². The number of aromatic nitrogens is 2. The van der Waals surface area contributed by atoms with Crippen LogP contribution in [0.3, 0.4) is 0 Å². The fourth-order valence-electron chi connectivity index (χ4n) is 3.26. The van der Waals surface area contributed by atoms with E-state index in [1.54, 1.807) is 12.4 Å². The maximum atomic E-state index is 6.15. The second-order valence-corrected chi connectivity index (χ2v) is 6.95. The first-order valence-corrected chi connectivity index (χ1v) is 8.27. The van der Waals surface area contributed by atoms with Crippen molar-refractivity contribution in [3.63, 3.8) is 0 Å². The first kappa shape index (κ1) is 14.3. The zero-order valence-corrected chi connectivity index (χ0v) is 13.6. The molecule has 1 aliphatic heterocycles. The van der Waals surface area contributed by atoms with Gasteiger partial charge >= 0.3 is 0 Å². The molecule has 2 aromatic rings. The van der Waals surface area contributed by atoms with Gasteiger partial charge in [0.25, 0.3) is 0 Å². The van der Waals surface area contributed by atoms with Crippen LogP contribution < -0.4 is 10.6 Å². The Morgan fingerprint density at radius 3 is 2.67 bits per heavy atom. The lowest BCUT2D eigenvalue weighted by atomic mass is 9.86. The maximum absolute atomic E-state index is 6.15. The molecule has 0 radical (unpaired) electrons. The fraction of sp³-hybridized carbons (Fsp3) is 0.500. The molecule has 0 amide bonds. The zero-order valence-electron chi connectivity index (χ0n) is 12.8. The van der Waals surface area contributed by atoms with Crippen molar-refractivity contribution in [2.24, 2.45) is 11.8 Å². The molecule has 1 aliphatic rings. The number of nitrogens with zero attached hydrogens (tertiary/aromatic N) is 3. The monoisotopic (exact) mass is 302 g/mol. The van der Waals surface area contributed by atoms with Gasteiger partial charge in [0.1, 0.15) is 10.8 Å². The SMILES string of the molecule is CC1CC(C)C(C)N(c2snc(N)c2-c2ccncc2)C1. The molecule has 3 unspecified atom stereocenters. The Balaban J connectivity index is 2.03. The molecule has 0 spiro atoms. The summed E-state index contributed by atoms with van der Waals surface area (Å²) >= 11 is 1.52. The molecule has 4 nitrogen and oxygen atoms in total. The third-order valence-electron chi connectivity index (χ3n) is 4.53. The molecule has 2 aromatic heterocycles. The number of rotatable bonds is 2. The number of piperidine rings is 1. The molecular formula is C16H22N4S. The third-order valence-corrected chi connectivity index (χ3v) is 5.43. The number of nitrogens with two attached hydrogens (primary N) is 1. The molecule has 0 saturated carbocycles. The number of hydrogen-bond acceptors (Lipinski definition) is 5. The van der Waals surface area contributed by atoms with Gasteiger partial charge in [-0.15, -0.1) is 0 Å². The molecule has 3 rings (SSSR count). The highest BCUT2D eigenvalue weighted by atomic mass is 32.1. The van der Waals surface area contributed by atoms with Gasteiger partial charge in [-0.05, 0) is 54.4 Å². The van der Waals surface area contributed by atoms with Crippen LogP contribution in [0.5, 0.6) is 0 Å². The number of pyridine rings is 1. The Bertz CT molecular complexity index is 610. The highest BCUT2D eigenvalue weighted by Gasteiger charge is 2.32. The Morgan fingerprint density at radius 1 is 1.24 bits per heavy atom. The van der Waals surface area contributed by atoms with Crippen LogP contribution in [0.1, 0.15) is 27.2 Å². The van der Waals surface area contributed by atoms with Gasteiger partial charge in [0.15, 0.2) is 0 Å². The van der Waals surface area contributed by atoms with E-state index in [0.717, 1.165) is 17.7 Å². The molecule has 21 heavy (non-hydrogen) atoms. The summed E-state index contributed by atoms with van der Waals surface area (Å²) in [6, 6.07) is 4.53. The molecule has 2 N–H and O–H groups in total. The van der Waals surface area contributed by atoms with Crippen molar-refractivity contribution < 1.29 is 0 Å². The van der Waals surface area contributed by atoms with Crippen molar-refractivity contribution in [2.75, 3.05) is 17.2 Å². The van der Waals surface area contributed by atoms with Gasteiger partial charge in [0.05, 0.1) is 5.56 Å². The van der Waals surface area contributed by atoms with Crippen LogP contribution in [-0.4, -0.2) is 21.9 Å². The van der Waals surface area contributed by atoms with Gasteiger partial charge < -0.3 is 10.6 Å². The topological polar surface area (TPSA) is 55.0 Å². The largest absolute Gasteiger partial charge is 0.382 e. The summed E-state index contributed by atoms with van der Waals surface area (Å²) in [6.07, 6.45) is 4.90. The van der Waals surface area contributed by atoms with Crippen molar-refractivity contribution in [3.05, 3.63) is 24.5 Å². The minimum Gasteiger partial charge on any atom is -0.382 e. The third kappa shape index (κ3) is 2.62. The van der Waals surface area contributed by atoms with Crippen LogP contribution in [0.25, 0.3) is 11.1 Å². The standard InChI is InChI=1S/C16H22N4S/c1-10-8-11(2)12(3)20(9-10)16-14(15(17)19-21-16)13-4-6-18-7-5-13/h4-7,10-12H,8-9H2,1-3H3,(H2,17,19). The first-order valence-electron chi connectivity index (χ1n) is 7.50. The first-order chi connectivity index (χ1) is 10.1. The van der Waals surface area contributed by atoms with Gasteiger partial charge in [-0.25, -0.2) is 0 Å². The molecule has 5 heteroatoms. The Kier molecular flexibility index (Phi) is 3.85. The molecule has 3 heterocycles. The molecule has 1 fully saturated rings. The van der Waals surface area contributed by atoms with E-state index in [1.165, 1.54) is 23.0 Å². The lowest BCUT2D eigenvalue weighted by molar-refractivity contribution is 0.298. The maximum Gasteiger partial charge on any atom is 0.147 e. The van der Waals surface area contributed by atoms with Crippen molar-refractivity contribution >= 4 is 22.4 Å². The number of hydrogen-bond donors (Lipinski definition) is 1. The summed E-state index contributed by atoms with van der Waals surface area (Å²) in [6.45, 7) is 8.05. The second-order valence-electron chi connectivity index (χ2n) is 6.19. The number of nitrogen functional groups attached to an aromatic ring is 1. The molecule has 0 aromatic carbocycles. The van der Waals surface area contributed by atoms with Gasteiger partial charge in [0, 0.05) is 25.0 Å². The highest BCUT2D eigenvalue weighted by Crippen LogP contribution is 2.42. The van der Waals surface area contributed by atoms with E-state index in [1.807, 2.05) is 12.1 Å². The molecule has 3 atom stereocenters. The van der Waals surface area contributed by atoms with Crippen molar-refractivity contribution in [2.45, 2.75) is 33.2 Å². The van der Waals surface area contributed by atoms with Gasteiger partial charge in [-0.2, -0.15) is 4.37 Å². The molecular weight excluding hydrogens is 280 g/mol. The predicted octanol–water partition coefficient (Wildman–Crippen LogP) is 3.66. The second kappa shape index (κ2) is 5.64. The summed E-state index contributed by atoms with van der Waals surface area (Å²) in [4.78, 5) is 6.58. The van der Waals surface area contributed by atoms with Gasteiger partial charge in [0.2, 0.25) is 0 Å². The Labute approximate surface area is 130 Å². The Hall–Kier alpha value is -1.62. The lowest BCUT2D eigenvalue weighted by Crippen LogP contribution is -2.45. The highest BCUT2D eigenvalue weighted by molar-refractivity contribution is 7.11. The number of anilines is 2. The van der Waals surface area contributed by atoms with Crippen molar-refractivity contribution in [1.29, 1.82) is 0 Å². The normalized spacial score (nSPS) is 26.0. The van der Waals surface area contributed by atoms with Crippen molar-refractivity contribution in [3.8, 4) is 11.1 Å². The fourth-order valence-corrected chi connectivity index (χ4v) is 4.20. The summed E-state index contributed by atoms with van der Waals surface area (Å²) in [5.74, 6) is 2.01. The smallest absolute Gasteiger partial charge is 0.147 e. The van der Waals surface area contributed by atoms with E-state index < -0.39 is 0 Å². The zero-order chi connectivity index (χ0) is 15.0. The molecule has 112 valence electrons. The van der Waals surface area contributed by atoms with Crippen LogP contribution in [0.2, 0.25) is 0 Å². The van der Waals surface area contributed by atoms with Crippen LogP contribution in [0.4, 0.5) is 10.8 Å². The quantitative estimate of drug-likeness (QED) is 0.920. The summed E-state index contributed by atoms with van der Waals surface area (Å²) in [5.41, 5.74) is 8.31. The minimum atomic E-state index is 0.515. The van der Waals surface area contributed by atoms with E-state index in [-0.39, 0.29) is 0 Å². The lowest BCUT2D eigenvalue weighted by Gasteiger charge is -2.42. The summed E-state index contributed by atoms with van der Waals surface area (Å²) in [7, 11) is 0. The molecule has 0 aliphatic carbocycles. The van der Waals surface area contributed by atoms with Crippen molar-refractivity contribution in [1.82, 2.24) is 9.36 Å². The summed E-state index contributed by atoms with van der Waals surface area (Å²) in [5, 5.41) is 1.20. The van der Waals surface area contributed by atoms with E-state index in [4.69, 9.17) is 5.73 Å². The van der Waals surface area contributed by atoms with Gasteiger partial charge in [-0.3, -0.25) is 4.98 Å². The van der Waals surface area contributed by atoms with E-state index >= 15 is 0 Å². The average Bonchev–Trinajstić information content (AvgIpc) is 2.85. The minimum absolute atomic E-state index is 0.515. The molecule has 1 saturated heterocycles. The van der Waals surface area contributed by atoms with Crippen LogP contribution in [0.15, 0.2) is 24.5 Å². The van der Waals surface area contributed by atoms with Crippen LogP contribution in [0, 0.1) is 11.8 Å². The predicted molar refractivity (Wildman–Crippen MR) is 89.5 cm³/mol. The van der Waals surface area contributed by atoms with E-state index in [2.05, 4.69) is 35.0 Å². The van der Waals surface area contributed by atoms with E-state index in [0.29, 0.717) is 23.7 Å². The summed E-state index contributed by atoms with van der Waals surface area (Å²) < 4.78 is 4.41.